The number of fused-ring (bicyclic) bond motifs is 1. The van der Waals surface area contributed by atoms with Crippen LogP contribution in [0.3, 0.4) is 0 Å². The summed E-state index contributed by atoms with van der Waals surface area (Å²) >= 11 is 0. The molecule has 0 radical (unpaired) electrons. The Balaban J connectivity index is 2.23. The molecule has 0 saturated carbocycles. The maximum Gasteiger partial charge on any atom is 0.126 e. The molecule has 0 fully saturated rings. The van der Waals surface area contributed by atoms with E-state index >= 15 is 0 Å². The van der Waals surface area contributed by atoms with Crippen molar-refractivity contribution in [3.05, 3.63) is 88.0 Å². The number of ether oxygens (including phenoxy) is 2. The monoisotopic (exact) mass is 533 g/mol. The van der Waals surface area contributed by atoms with E-state index in [0.29, 0.717) is 17.2 Å². The van der Waals surface area contributed by atoms with E-state index in [1.54, 1.807) is 14.2 Å². The average molecular weight is 534 g/mol. The van der Waals surface area contributed by atoms with Crippen molar-refractivity contribution in [2.75, 3.05) is 14.2 Å². The van der Waals surface area contributed by atoms with E-state index in [9.17, 15) is 4.89 Å². The Kier molecular flexibility index (Phi) is 7.17. The molecule has 4 rings (SSSR count). The van der Waals surface area contributed by atoms with Crippen molar-refractivity contribution in [3.63, 3.8) is 0 Å². The van der Waals surface area contributed by atoms with Crippen LogP contribution < -0.4 is 18.9 Å². The smallest absolute Gasteiger partial charge is 0.126 e. The van der Waals surface area contributed by atoms with Crippen LogP contribution in [0.25, 0.3) is 0 Å². The van der Waals surface area contributed by atoms with Crippen LogP contribution in [0.4, 0.5) is 0 Å². The number of rotatable bonds is 4. The topological polar surface area (TPSA) is 50.8 Å². The summed E-state index contributed by atoms with van der Waals surface area (Å²) in [6, 6.07) is 18.7. The first kappa shape index (κ1) is 28.5. The van der Waals surface area contributed by atoms with Gasteiger partial charge in [-0.15, -0.1) is 0 Å². The fraction of sp³-hybridized carbons (Fsp3) is 0.455. The molecule has 0 amide bonds. The highest BCUT2D eigenvalue weighted by Gasteiger charge is 2.51. The van der Waals surface area contributed by atoms with Crippen molar-refractivity contribution >= 4 is 8.38 Å². The summed E-state index contributed by atoms with van der Waals surface area (Å²) in [5.41, 5.74) is 5.56. The number of benzene rings is 3. The van der Waals surface area contributed by atoms with Gasteiger partial charge in [0.25, 0.3) is 0 Å². The molecular formula is C33H42O4P-. The van der Waals surface area contributed by atoms with Gasteiger partial charge in [-0.05, 0) is 69.3 Å². The van der Waals surface area contributed by atoms with Crippen LogP contribution in [0.2, 0.25) is 0 Å². The maximum absolute atomic E-state index is 14.6. The van der Waals surface area contributed by atoms with Gasteiger partial charge < -0.3 is 18.9 Å². The third-order valence-electron chi connectivity index (χ3n) is 7.60. The zero-order valence-electron chi connectivity index (χ0n) is 24.8. The molecule has 1 aliphatic heterocycles. The van der Waals surface area contributed by atoms with Crippen molar-refractivity contribution in [1.29, 1.82) is 0 Å². The molecule has 3 aromatic rings. The van der Waals surface area contributed by atoms with Gasteiger partial charge in [0.05, 0.1) is 19.4 Å². The summed E-state index contributed by atoms with van der Waals surface area (Å²) in [6.07, 6.45) is 0. The molecule has 1 atom stereocenters. The quantitative estimate of drug-likeness (QED) is 0.319. The number of hydrogen-bond donors (Lipinski definition) is 0. The summed E-state index contributed by atoms with van der Waals surface area (Å²) in [6.45, 7) is 19.7. The molecule has 1 unspecified atom stereocenters. The molecule has 0 spiro atoms. The Morgan fingerprint density at radius 1 is 0.605 bits per heavy atom. The Morgan fingerprint density at radius 2 is 0.974 bits per heavy atom. The Morgan fingerprint density at radius 3 is 1.34 bits per heavy atom. The maximum atomic E-state index is 14.6. The van der Waals surface area contributed by atoms with Crippen LogP contribution in [-0.2, 0) is 21.4 Å². The zero-order valence-corrected chi connectivity index (χ0v) is 25.7. The van der Waals surface area contributed by atoms with E-state index in [2.05, 4.69) is 98.7 Å². The molecule has 5 heteroatoms. The van der Waals surface area contributed by atoms with Crippen LogP contribution in [0.1, 0.15) is 95.7 Å². The van der Waals surface area contributed by atoms with Gasteiger partial charge >= 0.3 is 0 Å². The second-order valence-corrected chi connectivity index (χ2v) is 14.7. The van der Waals surface area contributed by atoms with Gasteiger partial charge in [-0.25, -0.2) is 0 Å². The van der Waals surface area contributed by atoms with Gasteiger partial charge in [0.2, 0.25) is 0 Å². The summed E-state index contributed by atoms with van der Waals surface area (Å²) in [5, 5.41) is -1.13. The van der Waals surface area contributed by atoms with E-state index in [-0.39, 0.29) is 16.2 Å². The van der Waals surface area contributed by atoms with Crippen LogP contribution in [0.5, 0.6) is 17.2 Å². The van der Waals surface area contributed by atoms with E-state index in [0.717, 1.165) is 33.4 Å². The SMILES string of the molecule is COc1ccc(C(C)(C)C)cc1C1(c2cc(C(C)(C)C)ccc2OC)c2cc(C(C)(C)C)ccc2OP1[O-]. The molecule has 0 saturated heterocycles. The Bertz CT molecular complexity index is 1270. The lowest BCUT2D eigenvalue weighted by Crippen LogP contribution is -2.31. The van der Waals surface area contributed by atoms with E-state index in [4.69, 9.17) is 14.0 Å². The summed E-state index contributed by atoms with van der Waals surface area (Å²) in [5.74, 6) is 1.97. The first-order valence-electron chi connectivity index (χ1n) is 13.2. The second kappa shape index (κ2) is 9.57. The highest BCUT2D eigenvalue weighted by Crippen LogP contribution is 2.69. The van der Waals surface area contributed by atoms with Gasteiger partial charge in [-0.1, -0.05) is 80.5 Å². The highest BCUT2D eigenvalue weighted by atomic mass is 31.2. The second-order valence-electron chi connectivity index (χ2n) is 13.3. The minimum absolute atomic E-state index is 0.107. The molecule has 0 aliphatic carbocycles. The molecule has 0 bridgehead atoms. The lowest BCUT2D eigenvalue weighted by Gasteiger charge is -2.41. The van der Waals surface area contributed by atoms with Crippen molar-refractivity contribution in [3.8, 4) is 17.2 Å². The summed E-state index contributed by atoms with van der Waals surface area (Å²) in [7, 11) is 1.05. The number of hydrogen-bond acceptors (Lipinski definition) is 4. The zero-order chi connectivity index (χ0) is 28.3. The fourth-order valence-electron chi connectivity index (χ4n) is 5.16. The molecule has 0 N–H and O–H groups in total. The Hall–Kier alpha value is -2.55. The first-order valence-corrected chi connectivity index (χ1v) is 14.4. The van der Waals surface area contributed by atoms with Crippen molar-refractivity contribution in [1.82, 2.24) is 0 Å². The van der Waals surface area contributed by atoms with Crippen LogP contribution >= 0.6 is 8.38 Å². The fourth-order valence-corrected chi connectivity index (χ4v) is 6.75. The molecule has 4 nitrogen and oxygen atoms in total. The lowest BCUT2D eigenvalue weighted by atomic mass is 9.75. The van der Waals surface area contributed by atoms with Gasteiger partial charge in [0, 0.05) is 25.1 Å². The van der Waals surface area contributed by atoms with Crippen LogP contribution in [0.15, 0.2) is 54.6 Å². The van der Waals surface area contributed by atoms with E-state index < -0.39 is 13.5 Å². The molecular weight excluding hydrogens is 491 g/mol. The third-order valence-corrected chi connectivity index (χ3v) is 9.23. The van der Waals surface area contributed by atoms with Gasteiger partial charge in [0.1, 0.15) is 17.2 Å². The van der Waals surface area contributed by atoms with Crippen molar-refractivity contribution < 1.29 is 18.9 Å². The average Bonchev–Trinajstić information content (AvgIpc) is 3.12. The molecule has 204 valence electrons. The van der Waals surface area contributed by atoms with E-state index in [1.165, 1.54) is 0 Å². The standard InChI is InChI=1S/C33H42O4P/c1-30(2,3)21-12-15-27(35-10)24(18-21)33(25-19-22(31(4,5)6)13-16-28(25)36-11)26-20-23(32(7,8)9)14-17-29(26)37-38(33)34/h12-20H,1-11H3/q-1. The first-order chi connectivity index (χ1) is 17.5. The minimum Gasteiger partial charge on any atom is -0.797 e. The molecule has 1 aliphatic rings. The molecule has 3 aromatic carbocycles. The predicted molar refractivity (Wildman–Crippen MR) is 156 cm³/mol. The number of methoxy groups -OCH3 is 2. The minimum atomic E-state index is -2.29. The normalized spacial score (nSPS) is 17.1. The summed E-state index contributed by atoms with van der Waals surface area (Å²) < 4.78 is 18.2. The largest absolute Gasteiger partial charge is 0.797 e. The molecule has 0 aromatic heterocycles. The van der Waals surface area contributed by atoms with Crippen molar-refractivity contribution in [2.24, 2.45) is 0 Å². The highest BCUT2D eigenvalue weighted by molar-refractivity contribution is 7.47. The van der Waals surface area contributed by atoms with Gasteiger partial charge in [-0.2, -0.15) is 0 Å². The van der Waals surface area contributed by atoms with Gasteiger partial charge in [0.15, 0.2) is 0 Å². The summed E-state index contributed by atoms with van der Waals surface area (Å²) in [4.78, 5) is 14.6. The van der Waals surface area contributed by atoms with Crippen molar-refractivity contribution in [2.45, 2.75) is 83.7 Å². The molecule has 1 heterocycles. The predicted octanol–water partition coefficient (Wildman–Crippen LogP) is 7.95. The Labute approximate surface area is 230 Å². The molecule has 38 heavy (non-hydrogen) atoms. The van der Waals surface area contributed by atoms with Gasteiger partial charge in [-0.3, -0.25) is 0 Å². The lowest BCUT2D eigenvalue weighted by molar-refractivity contribution is -0.175. The van der Waals surface area contributed by atoms with E-state index in [1.807, 2.05) is 18.2 Å². The third kappa shape index (κ3) is 4.71. The van der Waals surface area contributed by atoms with Crippen LogP contribution in [-0.4, -0.2) is 14.2 Å². The van der Waals surface area contributed by atoms with Crippen LogP contribution in [0, 0.1) is 0 Å².